The SMILES string of the molecule is CCNCc1cncc(N2CCC(N(CC)CC)C2)n1. The van der Waals surface area contributed by atoms with Crippen molar-refractivity contribution < 1.29 is 0 Å². The molecule has 1 atom stereocenters. The van der Waals surface area contributed by atoms with E-state index in [1.807, 2.05) is 12.4 Å². The summed E-state index contributed by atoms with van der Waals surface area (Å²) in [6.07, 6.45) is 4.96. The van der Waals surface area contributed by atoms with E-state index in [4.69, 9.17) is 4.98 Å². The fourth-order valence-corrected chi connectivity index (χ4v) is 2.87. The zero-order valence-corrected chi connectivity index (χ0v) is 13.0. The van der Waals surface area contributed by atoms with Crippen molar-refractivity contribution in [3.8, 4) is 0 Å². The number of hydrogen-bond acceptors (Lipinski definition) is 5. The second-order valence-electron chi connectivity index (χ2n) is 5.26. The molecule has 0 saturated carbocycles. The maximum absolute atomic E-state index is 4.72. The Balaban J connectivity index is 1.98. The molecule has 1 aliphatic heterocycles. The van der Waals surface area contributed by atoms with E-state index < -0.39 is 0 Å². The van der Waals surface area contributed by atoms with Crippen molar-refractivity contribution in [3.63, 3.8) is 0 Å². The van der Waals surface area contributed by atoms with Gasteiger partial charge in [0.15, 0.2) is 0 Å². The third-order valence-corrected chi connectivity index (χ3v) is 4.04. The Bertz CT molecular complexity index is 405. The van der Waals surface area contributed by atoms with Crippen LogP contribution >= 0.6 is 0 Å². The van der Waals surface area contributed by atoms with Gasteiger partial charge in [-0.1, -0.05) is 20.8 Å². The molecular weight excluding hydrogens is 250 g/mol. The highest BCUT2D eigenvalue weighted by Gasteiger charge is 2.27. The lowest BCUT2D eigenvalue weighted by atomic mass is 10.2. The first-order valence-electron chi connectivity index (χ1n) is 7.79. The Labute approximate surface area is 122 Å². The molecule has 1 aromatic heterocycles. The van der Waals surface area contributed by atoms with E-state index in [9.17, 15) is 0 Å². The zero-order valence-electron chi connectivity index (χ0n) is 13.0. The minimum atomic E-state index is 0.657. The highest BCUT2D eigenvalue weighted by Crippen LogP contribution is 2.20. The van der Waals surface area contributed by atoms with Gasteiger partial charge in [0, 0.05) is 31.9 Å². The van der Waals surface area contributed by atoms with Crippen LogP contribution in [0.2, 0.25) is 0 Å². The standard InChI is InChI=1S/C15H27N5/c1-4-16-9-13-10-17-11-15(18-13)20-8-7-14(12-20)19(5-2)6-3/h10-11,14,16H,4-9,12H2,1-3H3. The zero-order chi connectivity index (χ0) is 14.4. The highest BCUT2D eigenvalue weighted by molar-refractivity contribution is 5.38. The molecule has 0 radical (unpaired) electrons. The lowest BCUT2D eigenvalue weighted by Crippen LogP contribution is -2.37. The fraction of sp³-hybridized carbons (Fsp3) is 0.733. The number of anilines is 1. The van der Waals surface area contributed by atoms with Gasteiger partial charge in [0.05, 0.1) is 11.9 Å². The molecule has 1 unspecified atom stereocenters. The van der Waals surface area contributed by atoms with Crippen LogP contribution in [0.5, 0.6) is 0 Å². The maximum Gasteiger partial charge on any atom is 0.147 e. The van der Waals surface area contributed by atoms with Crippen LogP contribution in [0, 0.1) is 0 Å². The van der Waals surface area contributed by atoms with Crippen molar-refractivity contribution in [2.45, 2.75) is 39.8 Å². The normalized spacial score (nSPS) is 19.0. The predicted octanol–water partition coefficient (Wildman–Crippen LogP) is 1.51. The summed E-state index contributed by atoms with van der Waals surface area (Å²) in [6.45, 7) is 12.7. The molecule has 0 bridgehead atoms. The minimum absolute atomic E-state index is 0.657. The van der Waals surface area contributed by atoms with Gasteiger partial charge in [0.25, 0.3) is 0 Å². The van der Waals surface area contributed by atoms with E-state index in [1.165, 1.54) is 6.42 Å². The summed E-state index contributed by atoms with van der Waals surface area (Å²) in [5.74, 6) is 1.02. The number of hydrogen-bond donors (Lipinski definition) is 1. The molecule has 5 nitrogen and oxygen atoms in total. The molecule has 2 heterocycles. The van der Waals surface area contributed by atoms with Crippen LogP contribution in [0.15, 0.2) is 12.4 Å². The molecule has 0 aromatic carbocycles. The summed E-state index contributed by atoms with van der Waals surface area (Å²) in [7, 11) is 0. The summed E-state index contributed by atoms with van der Waals surface area (Å²) >= 11 is 0. The molecule has 0 spiro atoms. The van der Waals surface area contributed by atoms with Crippen molar-refractivity contribution >= 4 is 5.82 Å². The molecule has 1 fully saturated rings. The number of nitrogens with zero attached hydrogens (tertiary/aromatic N) is 4. The molecule has 5 heteroatoms. The van der Waals surface area contributed by atoms with Gasteiger partial charge in [-0.3, -0.25) is 9.88 Å². The Morgan fingerprint density at radius 1 is 1.30 bits per heavy atom. The highest BCUT2D eigenvalue weighted by atomic mass is 15.3. The van der Waals surface area contributed by atoms with Crippen LogP contribution in [-0.2, 0) is 6.54 Å². The molecule has 1 N–H and O–H groups in total. The van der Waals surface area contributed by atoms with E-state index in [0.29, 0.717) is 6.04 Å². The van der Waals surface area contributed by atoms with Crippen LogP contribution in [0.1, 0.15) is 32.9 Å². The molecule has 0 aliphatic carbocycles. The maximum atomic E-state index is 4.72. The Hall–Kier alpha value is -1.20. The second-order valence-corrected chi connectivity index (χ2v) is 5.26. The lowest BCUT2D eigenvalue weighted by Gasteiger charge is -2.26. The third kappa shape index (κ3) is 3.67. The molecule has 20 heavy (non-hydrogen) atoms. The van der Waals surface area contributed by atoms with E-state index in [2.05, 4.69) is 40.9 Å². The molecule has 112 valence electrons. The van der Waals surface area contributed by atoms with E-state index in [-0.39, 0.29) is 0 Å². The topological polar surface area (TPSA) is 44.3 Å². The van der Waals surface area contributed by atoms with Crippen LogP contribution in [0.25, 0.3) is 0 Å². The third-order valence-electron chi connectivity index (χ3n) is 4.04. The van der Waals surface area contributed by atoms with Crippen LogP contribution in [-0.4, -0.2) is 53.6 Å². The quantitative estimate of drug-likeness (QED) is 0.818. The number of aromatic nitrogens is 2. The second kappa shape index (κ2) is 7.55. The van der Waals surface area contributed by atoms with Crippen molar-refractivity contribution in [3.05, 3.63) is 18.1 Å². The van der Waals surface area contributed by atoms with Crippen LogP contribution in [0.4, 0.5) is 5.82 Å². The van der Waals surface area contributed by atoms with E-state index in [0.717, 1.165) is 50.8 Å². The average Bonchev–Trinajstić information content (AvgIpc) is 2.96. The first-order chi connectivity index (χ1) is 9.78. The Kier molecular flexibility index (Phi) is 5.73. The van der Waals surface area contributed by atoms with E-state index in [1.54, 1.807) is 0 Å². The number of rotatable bonds is 7. The largest absolute Gasteiger partial charge is 0.354 e. The number of likely N-dealkylation sites (N-methyl/N-ethyl adjacent to an activating group) is 1. The van der Waals surface area contributed by atoms with Crippen molar-refractivity contribution in [1.29, 1.82) is 0 Å². The van der Waals surface area contributed by atoms with Gasteiger partial charge in [-0.15, -0.1) is 0 Å². The summed E-state index contributed by atoms with van der Waals surface area (Å²) in [5, 5.41) is 3.30. The fourth-order valence-electron chi connectivity index (χ4n) is 2.87. The van der Waals surface area contributed by atoms with Crippen molar-refractivity contribution in [2.24, 2.45) is 0 Å². The number of nitrogens with one attached hydrogen (secondary N) is 1. The molecule has 1 saturated heterocycles. The monoisotopic (exact) mass is 277 g/mol. The van der Waals surface area contributed by atoms with Gasteiger partial charge in [-0.25, -0.2) is 4.98 Å². The molecule has 1 aliphatic rings. The van der Waals surface area contributed by atoms with Crippen molar-refractivity contribution in [2.75, 3.05) is 37.6 Å². The predicted molar refractivity (Wildman–Crippen MR) is 83.0 cm³/mol. The Morgan fingerprint density at radius 2 is 2.10 bits per heavy atom. The van der Waals surface area contributed by atoms with Crippen LogP contribution < -0.4 is 10.2 Å². The van der Waals surface area contributed by atoms with Gasteiger partial charge in [-0.2, -0.15) is 0 Å². The first-order valence-corrected chi connectivity index (χ1v) is 7.79. The molecule has 0 amide bonds. The van der Waals surface area contributed by atoms with Crippen LogP contribution in [0.3, 0.4) is 0 Å². The first kappa shape index (κ1) is 15.2. The van der Waals surface area contributed by atoms with Crippen molar-refractivity contribution in [1.82, 2.24) is 20.2 Å². The smallest absolute Gasteiger partial charge is 0.147 e. The Morgan fingerprint density at radius 3 is 2.80 bits per heavy atom. The lowest BCUT2D eigenvalue weighted by molar-refractivity contribution is 0.232. The summed E-state index contributed by atoms with van der Waals surface area (Å²) < 4.78 is 0. The molecular formula is C15H27N5. The average molecular weight is 277 g/mol. The van der Waals surface area contributed by atoms with Gasteiger partial charge < -0.3 is 10.2 Å². The van der Waals surface area contributed by atoms with E-state index >= 15 is 0 Å². The summed E-state index contributed by atoms with van der Waals surface area (Å²) in [4.78, 5) is 14.0. The minimum Gasteiger partial charge on any atom is -0.354 e. The summed E-state index contributed by atoms with van der Waals surface area (Å²) in [5.41, 5.74) is 1.02. The van der Waals surface area contributed by atoms with Gasteiger partial charge >= 0.3 is 0 Å². The molecule has 1 aromatic rings. The summed E-state index contributed by atoms with van der Waals surface area (Å²) in [6, 6.07) is 0.657. The molecule has 2 rings (SSSR count). The van der Waals surface area contributed by atoms with Gasteiger partial charge in [0.2, 0.25) is 0 Å². The van der Waals surface area contributed by atoms with Gasteiger partial charge in [0.1, 0.15) is 5.82 Å². The van der Waals surface area contributed by atoms with Gasteiger partial charge in [-0.05, 0) is 26.1 Å².